The number of halogens is 3. The van der Waals surface area contributed by atoms with E-state index in [0.717, 1.165) is 3.57 Å². The zero-order valence-corrected chi connectivity index (χ0v) is 14.3. The second-order valence-corrected chi connectivity index (χ2v) is 6.05. The van der Waals surface area contributed by atoms with Crippen LogP contribution < -0.4 is 10.6 Å². The van der Waals surface area contributed by atoms with Crippen molar-refractivity contribution >= 4 is 57.4 Å². The van der Waals surface area contributed by atoms with Gasteiger partial charge in [0, 0.05) is 21.2 Å². The molecule has 2 rings (SSSR count). The number of carbonyl (C=O) groups excluding carboxylic acids is 2. The number of hydrogen-bond donors (Lipinski definition) is 2. The van der Waals surface area contributed by atoms with Gasteiger partial charge in [0.05, 0.1) is 11.3 Å². The van der Waals surface area contributed by atoms with Gasteiger partial charge in [-0.3, -0.25) is 9.59 Å². The predicted octanol–water partition coefficient (Wildman–Crippen LogP) is 4.29. The van der Waals surface area contributed by atoms with Crippen molar-refractivity contribution in [3.05, 3.63) is 56.4 Å². The maximum absolute atomic E-state index is 13.6. The molecule has 4 nitrogen and oxygen atoms in total. The van der Waals surface area contributed by atoms with E-state index in [2.05, 4.69) is 10.6 Å². The lowest BCUT2D eigenvalue weighted by Gasteiger charge is -2.10. The summed E-state index contributed by atoms with van der Waals surface area (Å²) in [6.45, 7) is 1.28. The first kappa shape index (κ1) is 16.7. The van der Waals surface area contributed by atoms with E-state index >= 15 is 0 Å². The molecule has 2 aromatic carbocycles. The molecule has 0 heterocycles. The molecule has 0 aromatic heterocycles. The summed E-state index contributed by atoms with van der Waals surface area (Å²) in [5.74, 6) is -1.34. The largest absolute Gasteiger partial charge is 0.324 e. The van der Waals surface area contributed by atoms with Crippen molar-refractivity contribution < 1.29 is 14.0 Å². The monoisotopic (exact) mass is 432 g/mol. The molecule has 2 amide bonds. The van der Waals surface area contributed by atoms with E-state index in [9.17, 15) is 14.0 Å². The van der Waals surface area contributed by atoms with Gasteiger partial charge >= 0.3 is 0 Å². The van der Waals surface area contributed by atoms with Gasteiger partial charge in [0.1, 0.15) is 5.82 Å². The number of nitrogens with one attached hydrogen (secondary N) is 2. The lowest BCUT2D eigenvalue weighted by Crippen LogP contribution is -2.14. The molecule has 0 aliphatic heterocycles. The second-order valence-electron chi connectivity index (χ2n) is 4.45. The summed E-state index contributed by atoms with van der Waals surface area (Å²) in [6, 6.07) is 8.90. The van der Waals surface area contributed by atoms with Gasteiger partial charge in [-0.1, -0.05) is 11.6 Å². The van der Waals surface area contributed by atoms with Crippen molar-refractivity contribution in [2.75, 3.05) is 10.6 Å². The topological polar surface area (TPSA) is 58.2 Å². The van der Waals surface area contributed by atoms with Gasteiger partial charge < -0.3 is 10.6 Å². The van der Waals surface area contributed by atoms with E-state index in [0.29, 0.717) is 16.3 Å². The SMILES string of the molecule is CC(=O)Nc1cc(NC(=O)c2cc(Cl)ccc2I)ccc1F. The van der Waals surface area contributed by atoms with Crippen LogP contribution in [0.15, 0.2) is 36.4 Å². The van der Waals surface area contributed by atoms with Crippen molar-refractivity contribution in [1.29, 1.82) is 0 Å². The first-order valence-corrected chi connectivity index (χ1v) is 7.66. The predicted molar refractivity (Wildman–Crippen MR) is 92.8 cm³/mol. The molecule has 114 valence electrons. The Morgan fingerprint density at radius 1 is 1.14 bits per heavy atom. The molecule has 0 fully saturated rings. The molecule has 0 unspecified atom stereocenters. The fourth-order valence-corrected chi connectivity index (χ4v) is 2.51. The molecule has 0 atom stereocenters. The molecular formula is C15H11ClFIN2O2. The van der Waals surface area contributed by atoms with E-state index in [1.807, 2.05) is 22.6 Å². The van der Waals surface area contributed by atoms with Crippen LogP contribution in [0.2, 0.25) is 5.02 Å². The van der Waals surface area contributed by atoms with Crippen molar-refractivity contribution in [2.45, 2.75) is 6.92 Å². The van der Waals surface area contributed by atoms with Gasteiger partial charge in [0.15, 0.2) is 0 Å². The Balaban J connectivity index is 2.25. The van der Waals surface area contributed by atoms with E-state index in [1.165, 1.54) is 25.1 Å². The van der Waals surface area contributed by atoms with Gasteiger partial charge in [-0.25, -0.2) is 4.39 Å². The molecule has 0 aliphatic carbocycles. The number of rotatable bonds is 3. The fraction of sp³-hybridized carbons (Fsp3) is 0.0667. The van der Waals surface area contributed by atoms with E-state index in [4.69, 9.17) is 11.6 Å². The molecule has 0 saturated carbocycles. The van der Waals surface area contributed by atoms with E-state index < -0.39 is 11.7 Å². The third-order valence-electron chi connectivity index (χ3n) is 2.71. The normalized spacial score (nSPS) is 10.2. The van der Waals surface area contributed by atoms with Crippen molar-refractivity contribution in [3.8, 4) is 0 Å². The smallest absolute Gasteiger partial charge is 0.256 e. The fourth-order valence-electron chi connectivity index (χ4n) is 1.76. The van der Waals surface area contributed by atoms with Crippen LogP contribution in [0.5, 0.6) is 0 Å². The Labute approximate surface area is 145 Å². The van der Waals surface area contributed by atoms with Crippen molar-refractivity contribution in [2.24, 2.45) is 0 Å². The van der Waals surface area contributed by atoms with E-state index in [1.54, 1.807) is 18.2 Å². The Hall–Kier alpha value is -1.67. The first-order valence-electron chi connectivity index (χ1n) is 6.20. The van der Waals surface area contributed by atoms with E-state index in [-0.39, 0.29) is 11.6 Å². The Morgan fingerprint density at radius 2 is 1.86 bits per heavy atom. The Morgan fingerprint density at radius 3 is 2.55 bits per heavy atom. The minimum absolute atomic E-state index is 0.00564. The van der Waals surface area contributed by atoms with Crippen LogP contribution in [0.3, 0.4) is 0 Å². The lowest BCUT2D eigenvalue weighted by atomic mass is 10.2. The molecule has 0 aliphatic rings. The van der Waals surface area contributed by atoms with Crippen LogP contribution in [0.4, 0.5) is 15.8 Å². The highest BCUT2D eigenvalue weighted by Crippen LogP contribution is 2.22. The van der Waals surface area contributed by atoms with Crippen LogP contribution in [0.25, 0.3) is 0 Å². The standard InChI is InChI=1S/C15H11ClFIN2O2/c1-8(21)19-14-7-10(3-4-12(14)17)20-15(22)11-6-9(16)2-5-13(11)18/h2-7H,1H3,(H,19,21)(H,20,22). The molecule has 0 saturated heterocycles. The summed E-state index contributed by atoms with van der Waals surface area (Å²) < 4.78 is 14.3. The Bertz CT molecular complexity index is 752. The summed E-state index contributed by atoms with van der Waals surface area (Å²) >= 11 is 7.91. The highest BCUT2D eigenvalue weighted by molar-refractivity contribution is 14.1. The summed E-state index contributed by atoms with van der Waals surface area (Å²) in [5.41, 5.74) is 0.788. The molecular weight excluding hydrogens is 422 g/mol. The summed E-state index contributed by atoms with van der Waals surface area (Å²) in [5, 5.41) is 5.45. The minimum atomic E-state index is -0.578. The molecule has 2 aromatic rings. The van der Waals surface area contributed by atoms with Crippen molar-refractivity contribution in [3.63, 3.8) is 0 Å². The third-order valence-corrected chi connectivity index (χ3v) is 3.88. The highest BCUT2D eigenvalue weighted by Gasteiger charge is 2.12. The van der Waals surface area contributed by atoms with Gasteiger partial charge in [-0.05, 0) is 59.0 Å². The highest BCUT2D eigenvalue weighted by atomic mass is 127. The molecule has 0 bridgehead atoms. The number of amides is 2. The number of anilines is 2. The average Bonchev–Trinajstić information content (AvgIpc) is 2.44. The quantitative estimate of drug-likeness (QED) is 0.711. The van der Waals surface area contributed by atoms with Gasteiger partial charge in [-0.15, -0.1) is 0 Å². The zero-order chi connectivity index (χ0) is 16.3. The molecule has 0 radical (unpaired) electrons. The second kappa shape index (κ2) is 7.06. The third kappa shape index (κ3) is 4.17. The maximum atomic E-state index is 13.6. The summed E-state index contributed by atoms with van der Waals surface area (Å²) in [6.07, 6.45) is 0. The van der Waals surface area contributed by atoms with Crippen LogP contribution in [0.1, 0.15) is 17.3 Å². The van der Waals surface area contributed by atoms with Gasteiger partial charge in [-0.2, -0.15) is 0 Å². The van der Waals surface area contributed by atoms with Crippen LogP contribution in [-0.4, -0.2) is 11.8 Å². The molecule has 0 spiro atoms. The summed E-state index contributed by atoms with van der Waals surface area (Å²) in [7, 11) is 0. The zero-order valence-electron chi connectivity index (χ0n) is 11.4. The first-order chi connectivity index (χ1) is 10.4. The lowest BCUT2D eigenvalue weighted by molar-refractivity contribution is -0.114. The molecule has 22 heavy (non-hydrogen) atoms. The molecule has 2 N–H and O–H groups in total. The minimum Gasteiger partial charge on any atom is -0.324 e. The number of hydrogen-bond acceptors (Lipinski definition) is 2. The van der Waals surface area contributed by atoms with Crippen molar-refractivity contribution in [1.82, 2.24) is 0 Å². The van der Waals surface area contributed by atoms with Crippen LogP contribution in [-0.2, 0) is 4.79 Å². The average molecular weight is 433 g/mol. The van der Waals surface area contributed by atoms with Gasteiger partial charge in [0.2, 0.25) is 5.91 Å². The maximum Gasteiger partial charge on any atom is 0.256 e. The van der Waals surface area contributed by atoms with Gasteiger partial charge in [0.25, 0.3) is 5.91 Å². The Kier molecular flexibility index (Phi) is 5.36. The summed E-state index contributed by atoms with van der Waals surface area (Å²) in [4.78, 5) is 23.3. The van der Waals surface area contributed by atoms with Crippen LogP contribution in [0, 0.1) is 9.39 Å². The number of benzene rings is 2. The molecule has 7 heteroatoms. The van der Waals surface area contributed by atoms with Crippen LogP contribution >= 0.6 is 34.2 Å². The number of carbonyl (C=O) groups is 2.